The van der Waals surface area contributed by atoms with Crippen LogP contribution >= 0.6 is 31.9 Å². The topological polar surface area (TPSA) is 44.1 Å². The van der Waals surface area contributed by atoms with E-state index in [1.807, 2.05) is 25.1 Å². The van der Waals surface area contributed by atoms with Crippen LogP contribution in [0.2, 0.25) is 0 Å². The first-order valence-corrected chi connectivity index (χ1v) is 7.16. The second kappa shape index (κ2) is 5.88. The fourth-order valence-corrected chi connectivity index (χ4v) is 2.40. The molecule has 0 aliphatic carbocycles. The van der Waals surface area contributed by atoms with Crippen LogP contribution in [0.3, 0.4) is 0 Å². The van der Waals surface area contributed by atoms with E-state index in [1.54, 1.807) is 11.7 Å². The van der Waals surface area contributed by atoms with E-state index in [9.17, 15) is 4.79 Å². The van der Waals surface area contributed by atoms with Crippen molar-refractivity contribution < 1.29 is 4.74 Å². The molecular formula is C13H12Br2N2O2. The maximum Gasteiger partial charge on any atom is 0.268 e. The number of hydrogen-bond acceptors (Lipinski definition) is 3. The lowest BCUT2D eigenvalue weighted by molar-refractivity contribution is 0.414. The van der Waals surface area contributed by atoms with Crippen molar-refractivity contribution in [2.24, 2.45) is 0 Å². The van der Waals surface area contributed by atoms with E-state index in [2.05, 4.69) is 36.8 Å². The number of ether oxygens (including phenoxy) is 1. The molecule has 0 bridgehead atoms. The second-order valence-electron chi connectivity index (χ2n) is 4.00. The predicted molar refractivity (Wildman–Crippen MR) is 80.7 cm³/mol. The summed E-state index contributed by atoms with van der Waals surface area (Å²) in [6.07, 6.45) is 1.52. The Morgan fingerprint density at radius 2 is 2.05 bits per heavy atom. The average Bonchev–Trinajstić information content (AvgIpc) is 2.41. The Hall–Kier alpha value is -1.14. The van der Waals surface area contributed by atoms with E-state index >= 15 is 0 Å². The van der Waals surface area contributed by atoms with E-state index in [0.717, 1.165) is 15.8 Å². The number of benzene rings is 1. The molecule has 0 amide bonds. The van der Waals surface area contributed by atoms with Gasteiger partial charge >= 0.3 is 0 Å². The van der Waals surface area contributed by atoms with Gasteiger partial charge in [0.1, 0.15) is 16.0 Å². The van der Waals surface area contributed by atoms with Crippen LogP contribution in [0.1, 0.15) is 11.4 Å². The van der Waals surface area contributed by atoms with E-state index in [4.69, 9.17) is 4.74 Å². The van der Waals surface area contributed by atoms with Crippen LogP contribution in [0.15, 0.2) is 38.1 Å². The molecule has 1 aromatic heterocycles. The molecule has 0 N–H and O–H groups in total. The molecule has 1 heterocycles. The summed E-state index contributed by atoms with van der Waals surface area (Å²) in [6.45, 7) is 2.25. The number of methoxy groups -OCH3 is 1. The fourth-order valence-electron chi connectivity index (χ4n) is 1.71. The molecule has 0 atom stereocenters. The van der Waals surface area contributed by atoms with Gasteiger partial charge in [0.15, 0.2) is 0 Å². The molecule has 6 heteroatoms. The highest BCUT2D eigenvalue weighted by molar-refractivity contribution is 9.10. The van der Waals surface area contributed by atoms with Crippen LogP contribution in [-0.4, -0.2) is 16.7 Å². The van der Waals surface area contributed by atoms with Gasteiger partial charge in [0.05, 0.1) is 13.7 Å². The van der Waals surface area contributed by atoms with Crippen molar-refractivity contribution in [1.82, 2.24) is 9.55 Å². The Morgan fingerprint density at radius 1 is 1.32 bits per heavy atom. The third-order valence-corrected chi connectivity index (χ3v) is 4.10. The predicted octanol–water partition coefficient (Wildman–Crippen LogP) is 3.13. The van der Waals surface area contributed by atoms with Crippen molar-refractivity contribution in [1.29, 1.82) is 0 Å². The summed E-state index contributed by atoms with van der Waals surface area (Å²) in [6, 6.07) is 5.67. The normalized spacial score (nSPS) is 10.5. The molecule has 1 aromatic carbocycles. The van der Waals surface area contributed by atoms with Gasteiger partial charge in [0.2, 0.25) is 0 Å². The fraction of sp³-hybridized carbons (Fsp3) is 0.231. The lowest BCUT2D eigenvalue weighted by atomic mass is 10.2. The molecule has 0 unspecified atom stereocenters. The molecule has 0 saturated heterocycles. The maximum atomic E-state index is 12.1. The van der Waals surface area contributed by atoms with Crippen LogP contribution in [0.5, 0.6) is 5.75 Å². The third-order valence-electron chi connectivity index (χ3n) is 2.79. The number of aryl methyl sites for hydroxylation is 1. The van der Waals surface area contributed by atoms with E-state index in [1.165, 1.54) is 6.20 Å². The number of nitrogens with zero attached hydrogens (tertiary/aromatic N) is 2. The number of rotatable bonds is 3. The first-order valence-electron chi connectivity index (χ1n) is 5.57. The molecule has 2 aromatic rings. The number of halogens is 2. The number of aromatic nitrogens is 2. The van der Waals surface area contributed by atoms with Gasteiger partial charge in [-0.2, -0.15) is 0 Å². The Labute approximate surface area is 127 Å². The summed E-state index contributed by atoms with van der Waals surface area (Å²) >= 11 is 6.69. The number of hydrogen-bond donors (Lipinski definition) is 0. The van der Waals surface area contributed by atoms with Gasteiger partial charge in [0.25, 0.3) is 5.56 Å². The van der Waals surface area contributed by atoms with Crippen LogP contribution in [0.25, 0.3) is 0 Å². The van der Waals surface area contributed by atoms with Gasteiger partial charge < -0.3 is 4.74 Å². The molecule has 4 nitrogen and oxygen atoms in total. The van der Waals surface area contributed by atoms with E-state index in [0.29, 0.717) is 16.8 Å². The first-order chi connectivity index (χ1) is 9.02. The first kappa shape index (κ1) is 14.3. The van der Waals surface area contributed by atoms with Crippen molar-refractivity contribution >= 4 is 31.9 Å². The minimum Gasteiger partial charge on any atom is -0.497 e. The van der Waals surface area contributed by atoms with Gasteiger partial charge in [-0.05, 0) is 46.6 Å². The van der Waals surface area contributed by atoms with Gasteiger partial charge in [-0.1, -0.05) is 15.9 Å². The summed E-state index contributed by atoms with van der Waals surface area (Å²) in [7, 11) is 1.62. The molecule has 0 aliphatic heterocycles. The molecule has 19 heavy (non-hydrogen) atoms. The Balaban J connectivity index is 2.47. The van der Waals surface area contributed by atoms with E-state index in [-0.39, 0.29) is 5.56 Å². The highest BCUT2D eigenvalue weighted by atomic mass is 79.9. The van der Waals surface area contributed by atoms with Gasteiger partial charge in [0, 0.05) is 10.7 Å². The van der Waals surface area contributed by atoms with Crippen LogP contribution in [0.4, 0.5) is 0 Å². The largest absolute Gasteiger partial charge is 0.497 e. The summed E-state index contributed by atoms with van der Waals surface area (Å²) in [5, 5.41) is 0. The molecule has 0 radical (unpaired) electrons. The van der Waals surface area contributed by atoms with Gasteiger partial charge in [-0.25, -0.2) is 4.98 Å². The highest BCUT2D eigenvalue weighted by Gasteiger charge is 2.09. The van der Waals surface area contributed by atoms with Crippen molar-refractivity contribution in [3.63, 3.8) is 0 Å². The Kier molecular flexibility index (Phi) is 4.42. The zero-order valence-corrected chi connectivity index (χ0v) is 13.7. The monoisotopic (exact) mass is 386 g/mol. The summed E-state index contributed by atoms with van der Waals surface area (Å²) in [5.41, 5.74) is 0.867. The highest BCUT2D eigenvalue weighted by Crippen LogP contribution is 2.23. The molecular weight excluding hydrogens is 376 g/mol. The lowest BCUT2D eigenvalue weighted by Crippen LogP contribution is -2.24. The van der Waals surface area contributed by atoms with Gasteiger partial charge in [-0.15, -0.1) is 0 Å². The maximum absolute atomic E-state index is 12.1. The molecule has 0 spiro atoms. The molecule has 0 saturated carbocycles. The molecule has 2 rings (SSSR count). The Morgan fingerprint density at radius 3 is 2.74 bits per heavy atom. The summed E-state index contributed by atoms with van der Waals surface area (Å²) < 4.78 is 8.20. The third kappa shape index (κ3) is 3.06. The summed E-state index contributed by atoms with van der Waals surface area (Å²) in [5.74, 6) is 1.43. The minimum absolute atomic E-state index is 0.0952. The van der Waals surface area contributed by atoms with Crippen LogP contribution in [0, 0.1) is 6.92 Å². The van der Waals surface area contributed by atoms with Crippen LogP contribution in [-0.2, 0) is 6.54 Å². The molecule has 100 valence electrons. The quantitative estimate of drug-likeness (QED) is 0.812. The van der Waals surface area contributed by atoms with Crippen molar-refractivity contribution in [2.45, 2.75) is 13.5 Å². The van der Waals surface area contributed by atoms with Crippen molar-refractivity contribution in [3.8, 4) is 5.75 Å². The smallest absolute Gasteiger partial charge is 0.268 e. The lowest BCUT2D eigenvalue weighted by Gasteiger charge is -2.12. The molecule has 0 fully saturated rings. The van der Waals surface area contributed by atoms with E-state index < -0.39 is 0 Å². The van der Waals surface area contributed by atoms with Crippen molar-refractivity contribution in [3.05, 3.63) is 55.1 Å². The molecule has 0 aliphatic rings. The Bertz CT molecular complexity index is 668. The van der Waals surface area contributed by atoms with Crippen LogP contribution < -0.4 is 10.3 Å². The summed E-state index contributed by atoms with van der Waals surface area (Å²) in [4.78, 5) is 16.3. The zero-order chi connectivity index (χ0) is 14.0. The minimum atomic E-state index is -0.0952. The van der Waals surface area contributed by atoms with Crippen molar-refractivity contribution in [2.75, 3.05) is 7.11 Å². The standard InChI is InChI=1S/C13H12Br2N2O2/c1-8-16-6-12(15)13(18)17(8)7-9-5-10(19-2)3-4-11(9)14/h3-6H,7H2,1-2H3. The SMILES string of the molecule is COc1ccc(Br)c(Cn2c(C)ncc(Br)c2=O)c1. The zero-order valence-electron chi connectivity index (χ0n) is 10.5. The van der Waals surface area contributed by atoms with Gasteiger partial charge in [-0.3, -0.25) is 9.36 Å². The average molecular weight is 388 g/mol. The second-order valence-corrected chi connectivity index (χ2v) is 5.71.